The molecule has 4 heteroatoms. The van der Waals surface area contributed by atoms with E-state index in [1.165, 1.54) is 0 Å². The highest BCUT2D eigenvalue weighted by Gasteiger charge is 2.01. The first-order valence-electron chi connectivity index (χ1n) is 4.02. The van der Waals surface area contributed by atoms with Crippen molar-refractivity contribution in [2.75, 3.05) is 11.1 Å². The van der Waals surface area contributed by atoms with Crippen LogP contribution in [-0.4, -0.2) is 16.1 Å². The molecule has 1 rings (SSSR count). The Kier molecular flexibility index (Phi) is 5.36. The van der Waals surface area contributed by atoms with Gasteiger partial charge in [0.15, 0.2) is 0 Å². The average Bonchev–Trinajstić information content (AvgIpc) is 2.16. The van der Waals surface area contributed by atoms with Crippen LogP contribution in [0.5, 0.6) is 0 Å². The molecule has 0 radical (unpaired) electrons. The van der Waals surface area contributed by atoms with Crippen molar-refractivity contribution in [2.45, 2.75) is 11.9 Å². The summed E-state index contributed by atoms with van der Waals surface area (Å²) in [7, 11) is 0. The van der Waals surface area contributed by atoms with E-state index in [1.807, 2.05) is 18.3 Å². The predicted octanol–water partition coefficient (Wildman–Crippen LogP) is 3.97. The monoisotopic (exact) mass is 323 g/mol. The number of pyridine rings is 1. The van der Waals surface area contributed by atoms with Gasteiger partial charge in [-0.1, -0.05) is 22.9 Å². The fourth-order valence-electron chi connectivity index (χ4n) is 0.720. The first kappa shape index (κ1) is 11.5. The van der Waals surface area contributed by atoms with Crippen LogP contribution in [0.25, 0.3) is 0 Å². The largest absolute Gasteiger partial charge is 0.249 e. The zero-order valence-corrected chi connectivity index (χ0v) is 11.3. The first-order chi connectivity index (χ1) is 6.22. The summed E-state index contributed by atoms with van der Waals surface area (Å²) in [6, 6.07) is 4.06. The van der Waals surface area contributed by atoms with Crippen molar-refractivity contribution in [3.05, 3.63) is 22.8 Å². The van der Waals surface area contributed by atoms with Gasteiger partial charge in [0, 0.05) is 21.8 Å². The van der Waals surface area contributed by atoms with Crippen LogP contribution in [0.2, 0.25) is 0 Å². The Morgan fingerprint density at radius 3 is 2.85 bits per heavy atom. The maximum absolute atomic E-state index is 4.29. The van der Waals surface area contributed by atoms with E-state index in [-0.39, 0.29) is 0 Å². The van der Waals surface area contributed by atoms with Crippen LogP contribution in [0.4, 0.5) is 0 Å². The van der Waals surface area contributed by atoms with Gasteiger partial charge in [0.2, 0.25) is 0 Å². The van der Waals surface area contributed by atoms with Gasteiger partial charge in [0.05, 0.1) is 5.03 Å². The van der Waals surface area contributed by atoms with Gasteiger partial charge in [0.25, 0.3) is 0 Å². The number of hydrogen-bond donors (Lipinski definition) is 0. The number of thioether (sulfide) groups is 1. The lowest BCUT2D eigenvalue weighted by Gasteiger charge is -2.05. The van der Waals surface area contributed by atoms with Gasteiger partial charge < -0.3 is 0 Å². The lowest BCUT2D eigenvalue weighted by molar-refractivity contribution is 0.769. The van der Waals surface area contributed by atoms with E-state index < -0.39 is 0 Å². The summed E-state index contributed by atoms with van der Waals surface area (Å²) in [5.41, 5.74) is 0. The minimum atomic E-state index is 0.690. The van der Waals surface area contributed by atoms with Crippen molar-refractivity contribution in [1.82, 2.24) is 4.98 Å². The van der Waals surface area contributed by atoms with Gasteiger partial charge in [-0.15, -0.1) is 11.8 Å². The zero-order valence-electron chi connectivity index (χ0n) is 7.34. The molecule has 1 heterocycles. The van der Waals surface area contributed by atoms with Crippen molar-refractivity contribution >= 4 is 43.6 Å². The molecule has 0 saturated heterocycles. The van der Waals surface area contributed by atoms with Gasteiger partial charge in [-0.3, -0.25) is 0 Å². The smallest absolute Gasteiger partial charge is 0.0960 e. The summed E-state index contributed by atoms with van der Waals surface area (Å²) in [5.74, 6) is 1.80. The summed E-state index contributed by atoms with van der Waals surface area (Å²) in [6.45, 7) is 2.22. The van der Waals surface area contributed by atoms with Crippen LogP contribution in [-0.2, 0) is 0 Å². The van der Waals surface area contributed by atoms with Crippen LogP contribution >= 0.6 is 43.6 Å². The lowest BCUT2D eigenvalue weighted by atomic mass is 10.3. The maximum Gasteiger partial charge on any atom is 0.0960 e. The molecule has 1 atom stereocenters. The van der Waals surface area contributed by atoms with E-state index in [0.29, 0.717) is 5.92 Å². The third kappa shape index (κ3) is 4.47. The second-order valence-corrected chi connectivity index (χ2v) is 5.49. The Bertz CT molecular complexity index is 250. The molecule has 0 amide bonds. The van der Waals surface area contributed by atoms with Crippen molar-refractivity contribution in [3.8, 4) is 0 Å². The van der Waals surface area contributed by atoms with E-state index in [0.717, 1.165) is 20.6 Å². The quantitative estimate of drug-likeness (QED) is 0.614. The molecule has 1 aromatic rings. The van der Waals surface area contributed by atoms with Crippen LogP contribution in [0.1, 0.15) is 6.92 Å². The average molecular weight is 325 g/mol. The lowest BCUT2D eigenvalue weighted by Crippen LogP contribution is -1.98. The molecule has 0 aliphatic rings. The predicted molar refractivity (Wildman–Crippen MR) is 65.6 cm³/mol. The number of hydrogen-bond acceptors (Lipinski definition) is 2. The van der Waals surface area contributed by atoms with E-state index in [2.05, 4.69) is 43.8 Å². The molecular formula is C9H11Br2NS. The van der Waals surface area contributed by atoms with Crippen molar-refractivity contribution < 1.29 is 0 Å². The molecule has 1 nitrogen and oxygen atoms in total. The molecule has 13 heavy (non-hydrogen) atoms. The Balaban J connectivity index is 2.41. The molecule has 0 aliphatic carbocycles. The highest BCUT2D eigenvalue weighted by Crippen LogP contribution is 2.20. The maximum atomic E-state index is 4.29. The number of alkyl halides is 1. The Labute approximate surface area is 100.0 Å². The zero-order chi connectivity index (χ0) is 9.68. The van der Waals surface area contributed by atoms with Crippen molar-refractivity contribution in [1.29, 1.82) is 0 Å². The van der Waals surface area contributed by atoms with E-state index in [4.69, 9.17) is 0 Å². The van der Waals surface area contributed by atoms with Crippen LogP contribution in [0.15, 0.2) is 27.8 Å². The molecule has 0 fully saturated rings. The van der Waals surface area contributed by atoms with E-state index in [1.54, 1.807) is 11.8 Å². The number of halogens is 2. The molecule has 0 spiro atoms. The topological polar surface area (TPSA) is 12.9 Å². The molecule has 0 N–H and O–H groups in total. The van der Waals surface area contributed by atoms with E-state index in [9.17, 15) is 0 Å². The fraction of sp³-hybridized carbons (Fsp3) is 0.444. The van der Waals surface area contributed by atoms with Gasteiger partial charge in [-0.2, -0.15) is 0 Å². The fourth-order valence-corrected chi connectivity index (χ4v) is 2.35. The Morgan fingerprint density at radius 1 is 1.54 bits per heavy atom. The minimum Gasteiger partial charge on any atom is -0.249 e. The summed E-state index contributed by atoms with van der Waals surface area (Å²) in [6.07, 6.45) is 1.83. The van der Waals surface area contributed by atoms with Gasteiger partial charge in [0.1, 0.15) is 0 Å². The summed E-state index contributed by atoms with van der Waals surface area (Å²) in [4.78, 5) is 4.29. The van der Waals surface area contributed by atoms with Crippen LogP contribution in [0.3, 0.4) is 0 Å². The Hall–Kier alpha value is 0.460. The van der Waals surface area contributed by atoms with Gasteiger partial charge in [-0.05, 0) is 34.0 Å². The van der Waals surface area contributed by atoms with Crippen molar-refractivity contribution in [3.63, 3.8) is 0 Å². The summed E-state index contributed by atoms with van der Waals surface area (Å²) in [5, 5.41) is 2.15. The Morgan fingerprint density at radius 2 is 2.31 bits per heavy atom. The second kappa shape index (κ2) is 6.04. The highest BCUT2D eigenvalue weighted by molar-refractivity contribution is 9.10. The molecule has 1 aromatic heterocycles. The number of rotatable bonds is 4. The van der Waals surface area contributed by atoms with Gasteiger partial charge >= 0.3 is 0 Å². The second-order valence-electron chi connectivity index (χ2n) is 2.89. The summed E-state index contributed by atoms with van der Waals surface area (Å²) < 4.78 is 1.03. The van der Waals surface area contributed by atoms with Gasteiger partial charge in [-0.25, -0.2) is 4.98 Å². The number of aromatic nitrogens is 1. The summed E-state index contributed by atoms with van der Waals surface area (Å²) >= 11 is 8.62. The minimum absolute atomic E-state index is 0.690. The third-order valence-electron chi connectivity index (χ3n) is 1.48. The highest BCUT2D eigenvalue weighted by atomic mass is 79.9. The third-order valence-corrected chi connectivity index (χ3v) is 4.33. The SMILES string of the molecule is CC(CBr)CSc1ccc(Br)cn1. The molecule has 0 bridgehead atoms. The van der Waals surface area contributed by atoms with Crippen LogP contribution in [0, 0.1) is 5.92 Å². The molecular weight excluding hydrogens is 314 g/mol. The van der Waals surface area contributed by atoms with Crippen LogP contribution < -0.4 is 0 Å². The van der Waals surface area contributed by atoms with Crippen molar-refractivity contribution in [2.24, 2.45) is 5.92 Å². The molecule has 0 saturated carbocycles. The molecule has 1 unspecified atom stereocenters. The normalized spacial score (nSPS) is 12.8. The molecule has 0 aliphatic heterocycles. The molecule has 72 valence electrons. The molecule has 0 aromatic carbocycles. The first-order valence-corrected chi connectivity index (χ1v) is 6.92. The number of nitrogens with zero attached hydrogens (tertiary/aromatic N) is 1. The standard InChI is InChI=1S/C9H11Br2NS/c1-7(4-10)6-13-9-3-2-8(11)5-12-9/h2-3,5,7H,4,6H2,1H3. The van der Waals surface area contributed by atoms with E-state index >= 15 is 0 Å².